The van der Waals surface area contributed by atoms with Crippen LogP contribution in [0.4, 0.5) is 5.69 Å². The molecule has 1 heterocycles. The van der Waals surface area contributed by atoms with Gasteiger partial charge in [-0.25, -0.2) is 11.4 Å². The molecule has 0 fully saturated rings. The largest absolute Gasteiger partial charge is 0.411 e. The third-order valence-corrected chi connectivity index (χ3v) is 2.98. The van der Waals surface area contributed by atoms with Crippen LogP contribution in [0.3, 0.4) is 0 Å². The van der Waals surface area contributed by atoms with Crippen LogP contribution in [0, 0.1) is 0 Å². The first kappa shape index (κ1) is 14.6. The minimum Gasteiger partial charge on any atom is -0.411 e. The normalized spacial score (nSPS) is 11.6. The van der Waals surface area contributed by atoms with Crippen molar-refractivity contribution in [3.05, 3.63) is 24.4 Å². The van der Waals surface area contributed by atoms with E-state index in [0.717, 1.165) is 4.85 Å². The second-order valence-electron chi connectivity index (χ2n) is 4.34. The Hall–Kier alpha value is -2.81. The smallest absolute Gasteiger partial charge is 0.227 e. The molecule has 2 aromatic rings. The number of amides is 1. The molecular formula is C12H17N7O2. The predicted octanol–water partition coefficient (Wildman–Crippen LogP) is -0.248. The Balaban J connectivity index is 2.38. The lowest BCUT2D eigenvalue weighted by Crippen LogP contribution is -2.39. The summed E-state index contributed by atoms with van der Waals surface area (Å²) in [6, 6.07) is 5.11. The van der Waals surface area contributed by atoms with Crippen LogP contribution >= 0.6 is 0 Å². The molecule has 0 aliphatic carbocycles. The lowest BCUT2D eigenvalue weighted by molar-refractivity contribution is -0.118. The fraction of sp³-hybridized carbons (Fsp3) is 0.250. The van der Waals surface area contributed by atoms with E-state index in [1.165, 1.54) is 11.1 Å². The summed E-state index contributed by atoms with van der Waals surface area (Å²) in [6.07, 6.45) is 1.83. The minimum absolute atomic E-state index is 0.107. The average Bonchev–Trinajstić information content (AvgIpc) is 2.85. The number of carbonyl (C=O) groups excluding carboxylic acids is 1. The van der Waals surface area contributed by atoms with Crippen molar-refractivity contribution in [1.82, 2.24) is 15.5 Å². The summed E-state index contributed by atoms with van der Waals surface area (Å²) in [5, 5.41) is 17.6. The fourth-order valence-corrected chi connectivity index (χ4v) is 1.97. The van der Waals surface area contributed by atoms with Gasteiger partial charge in [0.15, 0.2) is 0 Å². The van der Waals surface area contributed by atoms with E-state index in [1.807, 2.05) is 0 Å². The van der Waals surface area contributed by atoms with Gasteiger partial charge in [0, 0.05) is 17.5 Å². The number of anilines is 1. The van der Waals surface area contributed by atoms with Crippen LogP contribution in [0.25, 0.3) is 10.9 Å². The first-order valence-corrected chi connectivity index (χ1v) is 6.31. The molecule has 9 heteroatoms. The number of nitrogens with zero attached hydrogens (tertiary/aromatic N) is 4. The molecule has 1 amide bonds. The summed E-state index contributed by atoms with van der Waals surface area (Å²) < 4.78 is 0. The maximum absolute atomic E-state index is 12.1. The van der Waals surface area contributed by atoms with Gasteiger partial charge in [0.1, 0.15) is 11.4 Å². The molecule has 0 saturated carbocycles. The standard InChI is InChI=1S/C12H17N7O2/c1-2-12(20)18(7-11(13)16-17-14)9-3-4-10-8(5-9)6-15-19(10)21/h3-6,17,21H,2,7,14H2,1H3,(H2,13,16). The topological polar surface area (TPSA) is 135 Å². The van der Waals surface area contributed by atoms with Crippen molar-refractivity contribution in [3.63, 3.8) is 0 Å². The summed E-state index contributed by atoms with van der Waals surface area (Å²) in [4.78, 5) is 14.4. The second kappa shape index (κ2) is 6.09. The van der Waals surface area contributed by atoms with Crippen LogP contribution < -0.4 is 22.0 Å². The van der Waals surface area contributed by atoms with E-state index < -0.39 is 0 Å². The van der Waals surface area contributed by atoms with Crippen molar-refractivity contribution < 1.29 is 10.0 Å². The van der Waals surface area contributed by atoms with Crippen molar-refractivity contribution in [3.8, 4) is 0 Å². The number of hydrazine groups is 1. The lowest BCUT2D eigenvalue weighted by Gasteiger charge is -2.22. The second-order valence-corrected chi connectivity index (χ2v) is 4.34. The van der Waals surface area contributed by atoms with E-state index in [0.29, 0.717) is 23.0 Å². The highest BCUT2D eigenvalue weighted by atomic mass is 16.5. The summed E-state index contributed by atoms with van der Waals surface area (Å²) in [5.41, 5.74) is 8.97. The number of hydrogen-bond donors (Lipinski definition) is 4. The Labute approximate surface area is 120 Å². The van der Waals surface area contributed by atoms with Crippen LogP contribution in [0.15, 0.2) is 29.5 Å². The molecule has 21 heavy (non-hydrogen) atoms. The van der Waals surface area contributed by atoms with Gasteiger partial charge in [0.05, 0.1) is 12.7 Å². The molecule has 9 nitrogen and oxygen atoms in total. The van der Waals surface area contributed by atoms with Crippen molar-refractivity contribution in [2.75, 3.05) is 11.4 Å². The first-order chi connectivity index (χ1) is 10.1. The predicted molar refractivity (Wildman–Crippen MR) is 78.5 cm³/mol. The highest BCUT2D eigenvalue weighted by Gasteiger charge is 2.16. The quantitative estimate of drug-likeness (QED) is 0.197. The van der Waals surface area contributed by atoms with Crippen LogP contribution in [0.1, 0.15) is 13.3 Å². The van der Waals surface area contributed by atoms with Crippen LogP contribution in [-0.4, -0.2) is 33.4 Å². The van der Waals surface area contributed by atoms with Gasteiger partial charge in [-0.2, -0.15) is 5.10 Å². The van der Waals surface area contributed by atoms with Crippen molar-refractivity contribution in [2.24, 2.45) is 16.7 Å². The summed E-state index contributed by atoms with van der Waals surface area (Å²) in [7, 11) is 0. The molecule has 0 bridgehead atoms. The first-order valence-electron chi connectivity index (χ1n) is 6.31. The molecule has 1 aromatic heterocycles. The molecule has 0 aliphatic rings. The Bertz CT molecular complexity index is 679. The van der Waals surface area contributed by atoms with Gasteiger partial charge in [0.2, 0.25) is 5.91 Å². The number of fused-ring (bicyclic) bond motifs is 1. The number of nitrogens with one attached hydrogen (secondary N) is 1. The monoisotopic (exact) mass is 291 g/mol. The van der Waals surface area contributed by atoms with Crippen molar-refractivity contribution >= 4 is 28.3 Å². The van der Waals surface area contributed by atoms with E-state index in [1.54, 1.807) is 25.1 Å². The zero-order chi connectivity index (χ0) is 15.4. The molecule has 0 atom stereocenters. The SMILES string of the molecule is CCC(=O)N(C/C(N)=N/NN)c1ccc2c(cnn2O)c1. The number of aromatic nitrogens is 2. The number of hydrazone groups is 1. The van der Waals surface area contributed by atoms with E-state index in [4.69, 9.17) is 11.6 Å². The number of nitrogens with two attached hydrogens (primary N) is 2. The summed E-state index contributed by atoms with van der Waals surface area (Å²) >= 11 is 0. The summed E-state index contributed by atoms with van der Waals surface area (Å²) in [6.45, 7) is 1.86. The number of benzene rings is 1. The van der Waals surface area contributed by atoms with Gasteiger partial charge in [-0.05, 0) is 18.2 Å². The maximum Gasteiger partial charge on any atom is 0.227 e. The van der Waals surface area contributed by atoms with Gasteiger partial charge >= 0.3 is 0 Å². The molecule has 112 valence electrons. The molecule has 0 unspecified atom stereocenters. The Morgan fingerprint density at radius 1 is 1.57 bits per heavy atom. The number of rotatable bonds is 5. The van der Waals surface area contributed by atoms with E-state index >= 15 is 0 Å². The van der Waals surface area contributed by atoms with Crippen LogP contribution in [0.5, 0.6) is 0 Å². The summed E-state index contributed by atoms with van der Waals surface area (Å²) in [5.74, 6) is 5.14. The fourth-order valence-electron chi connectivity index (χ4n) is 1.97. The number of amidine groups is 1. The van der Waals surface area contributed by atoms with E-state index in [2.05, 4.69) is 15.7 Å². The Morgan fingerprint density at radius 3 is 3.00 bits per heavy atom. The zero-order valence-corrected chi connectivity index (χ0v) is 11.5. The Morgan fingerprint density at radius 2 is 2.33 bits per heavy atom. The van der Waals surface area contributed by atoms with Gasteiger partial charge in [-0.1, -0.05) is 6.92 Å². The van der Waals surface area contributed by atoms with Gasteiger partial charge in [-0.3, -0.25) is 4.79 Å². The van der Waals surface area contributed by atoms with Gasteiger partial charge in [-0.15, -0.1) is 9.94 Å². The molecule has 0 spiro atoms. The zero-order valence-electron chi connectivity index (χ0n) is 11.5. The van der Waals surface area contributed by atoms with Crippen LogP contribution in [-0.2, 0) is 4.79 Å². The molecule has 1 aromatic carbocycles. The maximum atomic E-state index is 12.1. The van der Waals surface area contributed by atoms with Crippen molar-refractivity contribution in [2.45, 2.75) is 13.3 Å². The molecular weight excluding hydrogens is 274 g/mol. The highest BCUT2D eigenvalue weighted by molar-refractivity contribution is 6.00. The molecule has 0 radical (unpaired) electrons. The molecule has 0 saturated heterocycles. The van der Waals surface area contributed by atoms with Gasteiger partial charge < -0.3 is 15.8 Å². The third kappa shape index (κ3) is 3.03. The molecule has 2 rings (SSSR count). The Kier molecular flexibility index (Phi) is 4.24. The van der Waals surface area contributed by atoms with Crippen LogP contribution in [0.2, 0.25) is 0 Å². The number of carbonyl (C=O) groups is 1. The highest BCUT2D eigenvalue weighted by Crippen LogP contribution is 2.22. The lowest BCUT2D eigenvalue weighted by atomic mass is 10.2. The average molecular weight is 291 g/mol. The van der Waals surface area contributed by atoms with E-state index in [-0.39, 0.29) is 18.3 Å². The third-order valence-electron chi connectivity index (χ3n) is 2.98. The van der Waals surface area contributed by atoms with Crippen molar-refractivity contribution in [1.29, 1.82) is 0 Å². The van der Waals surface area contributed by atoms with Gasteiger partial charge in [0.25, 0.3) is 0 Å². The van der Waals surface area contributed by atoms with E-state index in [9.17, 15) is 10.0 Å². The number of hydrogen-bond acceptors (Lipinski definition) is 6. The molecule has 0 aliphatic heterocycles. The molecule has 6 N–H and O–H groups in total. The minimum atomic E-state index is -0.110.